The van der Waals surface area contributed by atoms with Crippen molar-refractivity contribution in [2.45, 2.75) is 57.4 Å². The molecule has 20 heavy (non-hydrogen) atoms. The molecule has 3 nitrogen and oxygen atoms in total. The lowest BCUT2D eigenvalue weighted by molar-refractivity contribution is -0.121. The maximum atomic E-state index is 5.35. The maximum Gasteiger partial charge on any atom is 0.171 e. The molecule has 2 unspecified atom stereocenters. The van der Waals surface area contributed by atoms with Gasteiger partial charge in [0, 0.05) is 20.3 Å². The highest BCUT2D eigenvalue weighted by Crippen LogP contribution is 2.41. The fraction of sp³-hybridized carbons (Fsp3) is 0.647. The molecule has 2 rings (SSSR count). The van der Waals surface area contributed by atoms with Crippen molar-refractivity contribution in [2.24, 2.45) is 0 Å². The van der Waals surface area contributed by atoms with Gasteiger partial charge in [-0.2, -0.15) is 0 Å². The molecule has 0 aromatic heterocycles. The standard InChI is InChI=1S/C17H27NO2/c1-12(16(19-4)20-5)18-15-10-11-17(2,3)14-9-7-6-8-13(14)15/h6-9,12,15-16,18H,10-11H2,1-5H3. The van der Waals surface area contributed by atoms with Crippen LogP contribution in [0.3, 0.4) is 0 Å². The molecule has 0 saturated carbocycles. The van der Waals surface area contributed by atoms with Gasteiger partial charge in [0.25, 0.3) is 0 Å². The SMILES string of the molecule is COC(OC)C(C)NC1CCC(C)(C)c2ccccc21. The zero-order valence-corrected chi connectivity index (χ0v) is 13.3. The Balaban J connectivity index is 2.19. The molecular weight excluding hydrogens is 250 g/mol. The number of methoxy groups -OCH3 is 2. The van der Waals surface area contributed by atoms with Crippen LogP contribution < -0.4 is 5.32 Å². The summed E-state index contributed by atoms with van der Waals surface area (Å²) in [5.74, 6) is 0. The van der Waals surface area contributed by atoms with Gasteiger partial charge in [-0.15, -0.1) is 0 Å². The van der Waals surface area contributed by atoms with Crippen LogP contribution in [0.1, 0.15) is 50.8 Å². The molecule has 1 aliphatic carbocycles. The summed E-state index contributed by atoms with van der Waals surface area (Å²) in [6.07, 6.45) is 2.13. The van der Waals surface area contributed by atoms with Crippen molar-refractivity contribution in [3.63, 3.8) is 0 Å². The van der Waals surface area contributed by atoms with E-state index < -0.39 is 0 Å². The summed E-state index contributed by atoms with van der Waals surface area (Å²) in [7, 11) is 3.37. The average molecular weight is 277 g/mol. The van der Waals surface area contributed by atoms with Gasteiger partial charge in [0.15, 0.2) is 6.29 Å². The van der Waals surface area contributed by atoms with Crippen molar-refractivity contribution in [3.05, 3.63) is 35.4 Å². The molecule has 1 aromatic rings. The van der Waals surface area contributed by atoms with Gasteiger partial charge < -0.3 is 14.8 Å². The normalized spacial score (nSPS) is 22.6. The monoisotopic (exact) mass is 277 g/mol. The molecule has 112 valence electrons. The van der Waals surface area contributed by atoms with Crippen molar-refractivity contribution >= 4 is 0 Å². The van der Waals surface area contributed by atoms with Gasteiger partial charge in [-0.3, -0.25) is 0 Å². The zero-order chi connectivity index (χ0) is 14.8. The first-order chi connectivity index (χ1) is 9.49. The molecule has 0 amide bonds. The number of nitrogens with one attached hydrogen (secondary N) is 1. The molecule has 0 spiro atoms. The van der Waals surface area contributed by atoms with Crippen LogP contribution in [0.4, 0.5) is 0 Å². The molecule has 0 aliphatic heterocycles. The van der Waals surface area contributed by atoms with Crippen LogP contribution in [0.5, 0.6) is 0 Å². The fourth-order valence-corrected chi connectivity index (χ4v) is 3.29. The van der Waals surface area contributed by atoms with E-state index in [0.717, 1.165) is 6.42 Å². The number of hydrogen-bond donors (Lipinski definition) is 1. The molecule has 0 heterocycles. The summed E-state index contributed by atoms with van der Waals surface area (Å²) in [5, 5.41) is 3.66. The molecular formula is C17H27NO2. The first-order valence-electron chi connectivity index (χ1n) is 7.40. The Morgan fingerprint density at radius 1 is 1.20 bits per heavy atom. The lowest BCUT2D eigenvalue weighted by Gasteiger charge is -2.39. The fourth-order valence-electron chi connectivity index (χ4n) is 3.29. The summed E-state index contributed by atoms with van der Waals surface area (Å²) in [6, 6.07) is 9.31. The maximum absolute atomic E-state index is 5.35. The Bertz CT molecular complexity index is 440. The van der Waals surface area contributed by atoms with Crippen LogP contribution >= 0.6 is 0 Å². The summed E-state index contributed by atoms with van der Waals surface area (Å²) >= 11 is 0. The van der Waals surface area contributed by atoms with Crippen molar-refractivity contribution in [1.82, 2.24) is 5.32 Å². The summed E-state index contributed by atoms with van der Waals surface area (Å²) in [6.45, 7) is 6.78. The first kappa shape index (κ1) is 15.5. The topological polar surface area (TPSA) is 30.5 Å². The minimum absolute atomic E-state index is 0.157. The third-order valence-electron chi connectivity index (χ3n) is 4.46. The van der Waals surface area contributed by atoms with Crippen LogP contribution in [-0.4, -0.2) is 26.6 Å². The van der Waals surface area contributed by atoms with Crippen LogP contribution in [0.15, 0.2) is 24.3 Å². The Kier molecular flexibility index (Phi) is 4.84. The second kappa shape index (κ2) is 6.25. The molecule has 1 N–H and O–H groups in total. The third kappa shape index (κ3) is 3.05. The van der Waals surface area contributed by atoms with E-state index in [1.807, 2.05) is 0 Å². The van der Waals surface area contributed by atoms with Crippen molar-refractivity contribution in [1.29, 1.82) is 0 Å². The molecule has 0 radical (unpaired) electrons. The quantitative estimate of drug-likeness (QED) is 0.837. The minimum atomic E-state index is -0.211. The highest BCUT2D eigenvalue weighted by atomic mass is 16.7. The molecule has 0 bridgehead atoms. The van der Waals surface area contributed by atoms with Gasteiger partial charge in [0.2, 0.25) is 0 Å². The van der Waals surface area contributed by atoms with Crippen molar-refractivity contribution in [3.8, 4) is 0 Å². The highest BCUT2D eigenvalue weighted by molar-refractivity contribution is 5.38. The molecule has 0 saturated heterocycles. The average Bonchev–Trinajstić information content (AvgIpc) is 2.44. The summed E-state index contributed by atoms with van der Waals surface area (Å²) < 4.78 is 10.7. The van der Waals surface area contributed by atoms with E-state index in [-0.39, 0.29) is 17.7 Å². The van der Waals surface area contributed by atoms with Crippen molar-refractivity contribution in [2.75, 3.05) is 14.2 Å². The number of fused-ring (bicyclic) bond motifs is 1. The predicted octanol–water partition coefficient (Wildman–Crippen LogP) is 3.40. The molecule has 1 aromatic carbocycles. The van der Waals surface area contributed by atoms with Crippen LogP contribution in [0.2, 0.25) is 0 Å². The lowest BCUT2D eigenvalue weighted by Crippen LogP contribution is -2.43. The molecule has 0 fully saturated rings. The smallest absolute Gasteiger partial charge is 0.171 e. The van der Waals surface area contributed by atoms with Gasteiger partial charge in [-0.1, -0.05) is 38.1 Å². The van der Waals surface area contributed by atoms with E-state index >= 15 is 0 Å². The van der Waals surface area contributed by atoms with E-state index in [4.69, 9.17) is 9.47 Å². The minimum Gasteiger partial charge on any atom is -0.354 e. The molecule has 2 atom stereocenters. The van der Waals surface area contributed by atoms with Gasteiger partial charge in [-0.25, -0.2) is 0 Å². The first-order valence-corrected chi connectivity index (χ1v) is 7.40. The van der Waals surface area contributed by atoms with E-state index in [2.05, 4.69) is 50.4 Å². The van der Waals surface area contributed by atoms with E-state index in [1.54, 1.807) is 14.2 Å². The number of ether oxygens (including phenoxy) is 2. The number of rotatable bonds is 5. The van der Waals surface area contributed by atoms with Crippen LogP contribution in [0.25, 0.3) is 0 Å². The van der Waals surface area contributed by atoms with E-state index in [0.29, 0.717) is 6.04 Å². The summed E-state index contributed by atoms with van der Waals surface area (Å²) in [5.41, 5.74) is 3.14. The van der Waals surface area contributed by atoms with Crippen LogP contribution in [0, 0.1) is 0 Å². The largest absolute Gasteiger partial charge is 0.354 e. The second-order valence-electron chi connectivity index (χ2n) is 6.36. The Hall–Kier alpha value is -0.900. The number of benzene rings is 1. The Labute approximate surface area is 122 Å². The van der Waals surface area contributed by atoms with Crippen molar-refractivity contribution < 1.29 is 9.47 Å². The molecule has 3 heteroatoms. The Morgan fingerprint density at radius 3 is 2.50 bits per heavy atom. The van der Waals surface area contributed by atoms with Crippen LogP contribution in [-0.2, 0) is 14.9 Å². The second-order valence-corrected chi connectivity index (χ2v) is 6.36. The molecule has 1 aliphatic rings. The Morgan fingerprint density at radius 2 is 1.85 bits per heavy atom. The van der Waals surface area contributed by atoms with Gasteiger partial charge in [0.05, 0.1) is 6.04 Å². The highest BCUT2D eigenvalue weighted by Gasteiger charge is 2.33. The zero-order valence-electron chi connectivity index (χ0n) is 13.3. The van der Waals surface area contributed by atoms with Gasteiger partial charge in [-0.05, 0) is 36.3 Å². The van der Waals surface area contributed by atoms with E-state index in [1.165, 1.54) is 17.5 Å². The van der Waals surface area contributed by atoms with Gasteiger partial charge >= 0.3 is 0 Å². The van der Waals surface area contributed by atoms with Gasteiger partial charge in [0.1, 0.15) is 0 Å². The third-order valence-corrected chi connectivity index (χ3v) is 4.46. The number of hydrogen-bond acceptors (Lipinski definition) is 3. The summed E-state index contributed by atoms with van der Waals surface area (Å²) in [4.78, 5) is 0. The predicted molar refractivity (Wildman–Crippen MR) is 81.8 cm³/mol. The lowest BCUT2D eigenvalue weighted by atomic mass is 9.71. The van der Waals surface area contributed by atoms with E-state index in [9.17, 15) is 0 Å².